The van der Waals surface area contributed by atoms with Crippen LogP contribution in [-0.4, -0.2) is 49.8 Å². The Kier molecular flexibility index (Phi) is 4.28. The van der Waals surface area contributed by atoms with Gasteiger partial charge in [0, 0.05) is 19.1 Å². The standard InChI is InChI=1S/C15H21FN2O2S/c16-14-5-1-2-6-15(14)21(19,20)18-11-7-13(8-12-18)17-9-3-4-10-17/h1-2,5-6,13H,3-4,7-12H2. The highest BCUT2D eigenvalue weighted by Crippen LogP contribution is 2.26. The zero-order valence-corrected chi connectivity index (χ0v) is 12.9. The van der Waals surface area contributed by atoms with E-state index in [1.54, 1.807) is 6.07 Å². The minimum Gasteiger partial charge on any atom is -0.300 e. The normalized spacial score (nSPS) is 22.7. The van der Waals surface area contributed by atoms with Gasteiger partial charge in [-0.05, 0) is 50.9 Å². The monoisotopic (exact) mass is 312 g/mol. The Morgan fingerprint density at radius 1 is 1.00 bits per heavy atom. The maximum atomic E-state index is 13.7. The third-order valence-corrected chi connectivity index (χ3v) is 6.47. The predicted molar refractivity (Wildman–Crippen MR) is 79.0 cm³/mol. The van der Waals surface area contributed by atoms with Crippen molar-refractivity contribution in [2.75, 3.05) is 26.2 Å². The van der Waals surface area contributed by atoms with Crippen molar-refractivity contribution < 1.29 is 12.8 Å². The number of piperidine rings is 1. The Bertz CT molecular complexity index is 591. The van der Waals surface area contributed by atoms with Crippen LogP contribution in [0.25, 0.3) is 0 Å². The molecule has 0 aliphatic carbocycles. The van der Waals surface area contributed by atoms with E-state index in [2.05, 4.69) is 4.90 Å². The third kappa shape index (κ3) is 2.98. The molecule has 2 saturated heterocycles. The number of benzene rings is 1. The second kappa shape index (κ2) is 6.02. The Balaban J connectivity index is 1.70. The van der Waals surface area contributed by atoms with Crippen molar-refractivity contribution in [3.05, 3.63) is 30.1 Å². The van der Waals surface area contributed by atoms with Crippen LogP contribution < -0.4 is 0 Å². The molecule has 0 N–H and O–H groups in total. The highest BCUT2D eigenvalue weighted by Gasteiger charge is 2.33. The van der Waals surface area contributed by atoms with Gasteiger partial charge in [-0.15, -0.1) is 0 Å². The van der Waals surface area contributed by atoms with Gasteiger partial charge in [-0.25, -0.2) is 12.8 Å². The molecule has 6 heteroatoms. The van der Waals surface area contributed by atoms with E-state index in [1.165, 1.54) is 35.3 Å². The summed E-state index contributed by atoms with van der Waals surface area (Å²) in [6.45, 7) is 3.23. The van der Waals surface area contributed by atoms with E-state index in [4.69, 9.17) is 0 Å². The smallest absolute Gasteiger partial charge is 0.245 e. The maximum Gasteiger partial charge on any atom is 0.245 e. The molecule has 0 saturated carbocycles. The molecule has 116 valence electrons. The van der Waals surface area contributed by atoms with Crippen molar-refractivity contribution >= 4 is 10.0 Å². The van der Waals surface area contributed by atoms with Crippen LogP contribution in [0.1, 0.15) is 25.7 Å². The second-order valence-corrected chi connectivity index (χ2v) is 7.72. The SMILES string of the molecule is O=S(=O)(c1ccccc1F)N1CCC(N2CCCC2)CC1. The minimum absolute atomic E-state index is 0.204. The summed E-state index contributed by atoms with van der Waals surface area (Å²) in [4.78, 5) is 2.26. The van der Waals surface area contributed by atoms with Gasteiger partial charge in [-0.3, -0.25) is 0 Å². The van der Waals surface area contributed by atoms with E-state index in [0.717, 1.165) is 25.9 Å². The fraction of sp³-hybridized carbons (Fsp3) is 0.600. The van der Waals surface area contributed by atoms with Gasteiger partial charge in [0.15, 0.2) is 0 Å². The van der Waals surface area contributed by atoms with Crippen LogP contribution in [0.5, 0.6) is 0 Å². The zero-order valence-electron chi connectivity index (χ0n) is 12.0. The van der Waals surface area contributed by atoms with Gasteiger partial charge in [0.1, 0.15) is 10.7 Å². The highest BCUT2D eigenvalue weighted by molar-refractivity contribution is 7.89. The molecule has 2 heterocycles. The molecule has 0 spiro atoms. The minimum atomic E-state index is -3.70. The molecular weight excluding hydrogens is 291 g/mol. The number of halogens is 1. The van der Waals surface area contributed by atoms with Crippen molar-refractivity contribution in [3.63, 3.8) is 0 Å². The van der Waals surface area contributed by atoms with Gasteiger partial charge < -0.3 is 4.90 Å². The van der Waals surface area contributed by atoms with Crippen LogP contribution >= 0.6 is 0 Å². The quantitative estimate of drug-likeness (QED) is 0.858. The summed E-state index contributed by atoms with van der Waals surface area (Å²) in [6, 6.07) is 6.10. The molecule has 21 heavy (non-hydrogen) atoms. The van der Waals surface area contributed by atoms with Gasteiger partial charge >= 0.3 is 0 Å². The first kappa shape index (κ1) is 14.9. The largest absolute Gasteiger partial charge is 0.300 e. The highest BCUT2D eigenvalue weighted by atomic mass is 32.2. The number of hydrogen-bond donors (Lipinski definition) is 0. The summed E-state index contributed by atoms with van der Waals surface area (Å²) in [5.41, 5.74) is 0. The Morgan fingerprint density at radius 3 is 2.24 bits per heavy atom. The molecule has 0 radical (unpaired) electrons. The molecule has 1 aromatic rings. The van der Waals surface area contributed by atoms with Crippen molar-refractivity contribution in [2.24, 2.45) is 0 Å². The van der Waals surface area contributed by atoms with Crippen LogP contribution in [-0.2, 0) is 10.0 Å². The van der Waals surface area contributed by atoms with Crippen molar-refractivity contribution in [1.29, 1.82) is 0 Å². The summed E-state index contributed by atoms with van der Waals surface area (Å²) < 4.78 is 40.2. The summed E-state index contributed by atoms with van der Waals surface area (Å²) >= 11 is 0. The third-order valence-electron chi connectivity index (χ3n) is 4.53. The summed E-state index contributed by atoms with van der Waals surface area (Å²) in [7, 11) is -3.70. The van der Waals surface area contributed by atoms with Crippen LogP contribution in [0.15, 0.2) is 29.2 Å². The lowest BCUT2D eigenvalue weighted by atomic mass is 10.1. The molecule has 1 aromatic carbocycles. The summed E-state index contributed by atoms with van der Waals surface area (Å²) in [5.74, 6) is -0.667. The summed E-state index contributed by atoms with van der Waals surface area (Å²) in [5, 5.41) is 0. The maximum absolute atomic E-state index is 13.7. The van der Waals surface area contributed by atoms with E-state index in [1.807, 2.05) is 0 Å². The molecule has 2 aliphatic heterocycles. The molecule has 0 atom stereocenters. The van der Waals surface area contributed by atoms with Crippen LogP contribution in [0.3, 0.4) is 0 Å². The number of hydrogen-bond acceptors (Lipinski definition) is 3. The Hall–Kier alpha value is -0.980. The number of rotatable bonds is 3. The fourth-order valence-electron chi connectivity index (χ4n) is 3.35. The Morgan fingerprint density at radius 2 is 1.62 bits per heavy atom. The van der Waals surface area contributed by atoms with Crippen LogP contribution in [0.2, 0.25) is 0 Å². The molecule has 0 amide bonds. The molecule has 2 aliphatic rings. The zero-order chi connectivity index (χ0) is 14.9. The van der Waals surface area contributed by atoms with Gasteiger partial charge in [-0.1, -0.05) is 12.1 Å². The van der Waals surface area contributed by atoms with Gasteiger partial charge in [-0.2, -0.15) is 4.31 Å². The van der Waals surface area contributed by atoms with Crippen molar-refractivity contribution in [3.8, 4) is 0 Å². The summed E-state index contributed by atoms with van der Waals surface area (Å²) in [6.07, 6.45) is 4.17. The second-order valence-electron chi connectivity index (χ2n) is 5.81. The van der Waals surface area contributed by atoms with Gasteiger partial charge in [0.25, 0.3) is 0 Å². The first-order valence-corrected chi connectivity index (χ1v) is 9.02. The molecule has 2 fully saturated rings. The van der Waals surface area contributed by atoms with Crippen LogP contribution in [0.4, 0.5) is 4.39 Å². The average Bonchev–Trinajstić information content (AvgIpc) is 3.02. The number of nitrogens with zero attached hydrogens (tertiary/aromatic N) is 2. The molecule has 0 bridgehead atoms. The average molecular weight is 312 g/mol. The molecule has 4 nitrogen and oxygen atoms in total. The Labute approximate surface area is 125 Å². The molecule has 3 rings (SSSR count). The fourth-order valence-corrected chi connectivity index (χ4v) is 4.88. The number of likely N-dealkylation sites (tertiary alicyclic amines) is 1. The predicted octanol–water partition coefficient (Wildman–Crippen LogP) is 2.07. The van der Waals surface area contributed by atoms with Gasteiger partial charge in [0.05, 0.1) is 0 Å². The van der Waals surface area contributed by atoms with E-state index in [0.29, 0.717) is 19.1 Å². The molecule has 0 aromatic heterocycles. The number of sulfonamides is 1. The van der Waals surface area contributed by atoms with Gasteiger partial charge in [0.2, 0.25) is 10.0 Å². The first-order valence-electron chi connectivity index (χ1n) is 7.58. The molecule has 0 unspecified atom stereocenters. The lowest BCUT2D eigenvalue weighted by Gasteiger charge is -2.36. The molecular formula is C15H21FN2O2S. The topological polar surface area (TPSA) is 40.6 Å². The lowest BCUT2D eigenvalue weighted by Crippen LogP contribution is -2.45. The van der Waals surface area contributed by atoms with E-state index in [9.17, 15) is 12.8 Å². The van der Waals surface area contributed by atoms with Crippen LogP contribution in [0, 0.1) is 5.82 Å². The van der Waals surface area contributed by atoms with Crippen molar-refractivity contribution in [1.82, 2.24) is 9.21 Å². The lowest BCUT2D eigenvalue weighted by molar-refractivity contribution is 0.167. The van der Waals surface area contributed by atoms with E-state index >= 15 is 0 Å². The first-order chi connectivity index (χ1) is 10.1. The van der Waals surface area contributed by atoms with E-state index in [-0.39, 0.29) is 4.90 Å². The van der Waals surface area contributed by atoms with Crippen molar-refractivity contribution in [2.45, 2.75) is 36.6 Å². The van der Waals surface area contributed by atoms with E-state index < -0.39 is 15.8 Å².